The van der Waals surface area contributed by atoms with Crippen LogP contribution in [0.4, 0.5) is 13.2 Å². The van der Waals surface area contributed by atoms with Gasteiger partial charge in [-0.1, -0.05) is 40.4 Å². The van der Waals surface area contributed by atoms with Crippen LogP contribution in [0, 0.1) is 6.92 Å². The summed E-state index contributed by atoms with van der Waals surface area (Å²) in [5.74, 6) is 0.442. The molecule has 0 radical (unpaired) electrons. The Kier molecular flexibility index (Phi) is 4.59. The Balaban J connectivity index is 1.80. The predicted octanol–water partition coefficient (Wildman–Crippen LogP) is 4.77. The molecule has 24 heavy (non-hydrogen) atoms. The highest BCUT2D eigenvalue weighted by atomic mass is 32.2. The van der Waals surface area contributed by atoms with Crippen LogP contribution in [-0.4, -0.2) is 20.3 Å². The largest absolute Gasteiger partial charge is 0.416 e. The monoisotopic (exact) mass is 372 g/mol. The molecule has 0 aliphatic heterocycles. The van der Waals surface area contributed by atoms with Crippen LogP contribution in [0.3, 0.4) is 0 Å². The van der Waals surface area contributed by atoms with E-state index in [2.05, 4.69) is 20.3 Å². The van der Waals surface area contributed by atoms with Gasteiger partial charge in [0.15, 0.2) is 4.34 Å². The summed E-state index contributed by atoms with van der Waals surface area (Å²) in [6.07, 6.45) is -4.42. The van der Waals surface area contributed by atoms with Gasteiger partial charge in [-0.25, -0.2) is 0 Å². The van der Waals surface area contributed by atoms with Crippen molar-refractivity contribution in [2.24, 2.45) is 0 Å². The minimum absolute atomic E-state index is 0.122. The molecule has 1 aromatic carbocycles. The van der Waals surface area contributed by atoms with Gasteiger partial charge >= 0.3 is 6.18 Å². The molecule has 126 valence electrons. The molecule has 2 aromatic heterocycles. The first kappa shape index (κ1) is 16.9. The van der Waals surface area contributed by atoms with E-state index in [1.54, 1.807) is 0 Å². The zero-order valence-electron chi connectivity index (χ0n) is 12.5. The van der Waals surface area contributed by atoms with Gasteiger partial charge in [0, 0.05) is 5.56 Å². The summed E-state index contributed by atoms with van der Waals surface area (Å²) in [4.78, 5) is 4.20. The van der Waals surface area contributed by atoms with Gasteiger partial charge < -0.3 is 4.52 Å². The van der Waals surface area contributed by atoms with Gasteiger partial charge in [0.25, 0.3) is 0 Å². The molecule has 0 amide bonds. The van der Waals surface area contributed by atoms with E-state index in [-0.39, 0.29) is 16.6 Å². The first-order valence-electron chi connectivity index (χ1n) is 6.81. The van der Waals surface area contributed by atoms with Gasteiger partial charge in [-0.2, -0.15) is 18.2 Å². The van der Waals surface area contributed by atoms with E-state index in [0.717, 1.165) is 21.5 Å². The molecule has 0 spiro atoms. The van der Waals surface area contributed by atoms with E-state index >= 15 is 0 Å². The summed E-state index contributed by atoms with van der Waals surface area (Å²) >= 11 is 2.85. The fraction of sp³-hybridized carbons (Fsp3) is 0.286. The maximum Gasteiger partial charge on any atom is 0.416 e. The molecule has 0 aliphatic carbocycles. The summed E-state index contributed by atoms with van der Waals surface area (Å²) in [5, 5.41) is 12.4. The molecule has 0 bridgehead atoms. The number of alkyl halides is 3. The average molecular weight is 372 g/mol. The van der Waals surface area contributed by atoms with Crippen LogP contribution in [0.5, 0.6) is 0 Å². The number of nitrogens with zero attached hydrogens (tertiary/aromatic N) is 4. The Morgan fingerprint density at radius 3 is 2.71 bits per heavy atom. The molecule has 3 rings (SSSR count). The Morgan fingerprint density at radius 1 is 1.25 bits per heavy atom. The van der Waals surface area contributed by atoms with Gasteiger partial charge in [-0.3, -0.25) is 0 Å². The predicted molar refractivity (Wildman–Crippen MR) is 83.7 cm³/mol. The van der Waals surface area contributed by atoms with Gasteiger partial charge in [-0.05, 0) is 26.0 Å². The second-order valence-corrected chi connectivity index (χ2v) is 7.65. The third-order valence-electron chi connectivity index (χ3n) is 3.02. The van der Waals surface area contributed by atoms with E-state index < -0.39 is 11.7 Å². The summed E-state index contributed by atoms with van der Waals surface area (Å²) in [7, 11) is 0. The summed E-state index contributed by atoms with van der Waals surface area (Å²) in [5.41, 5.74) is -0.498. The minimum Gasteiger partial charge on any atom is -0.338 e. The maximum atomic E-state index is 12.8. The van der Waals surface area contributed by atoms with Gasteiger partial charge in [0.1, 0.15) is 5.01 Å². The first-order valence-corrected chi connectivity index (χ1v) is 8.50. The fourth-order valence-electron chi connectivity index (χ4n) is 1.88. The number of aromatic nitrogens is 4. The number of benzene rings is 1. The first-order chi connectivity index (χ1) is 11.3. The van der Waals surface area contributed by atoms with Crippen molar-refractivity contribution in [3.63, 3.8) is 0 Å². The number of halogens is 3. The molecular weight excluding hydrogens is 361 g/mol. The fourth-order valence-corrected chi connectivity index (χ4v) is 3.87. The van der Waals surface area contributed by atoms with Crippen molar-refractivity contribution in [3.8, 4) is 11.4 Å². The quantitative estimate of drug-likeness (QED) is 0.615. The summed E-state index contributed by atoms with van der Waals surface area (Å²) in [6.45, 7) is 3.70. The highest BCUT2D eigenvalue weighted by molar-refractivity contribution is 8.01. The van der Waals surface area contributed by atoms with Crippen LogP contribution in [0.2, 0.25) is 0 Å². The highest BCUT2D eigenvalue weighted by Crippen LogP contribution is 2.36. The lowest BCUT2D eigenvalue weighted by atomic mass is 10.1. The Hall–Kier alpha value is -1.94. The topological polar surface area (TPSA) is 64.7 Å². The highest BCUT2D eigenvalue weighted by Gasteiger charge is 2.31. The van der Waals surface area contributed by atoms with Crippen molar-refractivity contribution in [3.05, 3.63) is 40.7 Å². The minimum atomic E-state index is -4.42. The molecule has 0 N–H and O–H groups in total. The smallest absolute Gasteiger partial charge is 0.338 e. The normalized spacial score (nSPS) is 13.2. The molecule has 2 heterocycles. The molecule has 5 nitrogen and oxygen atoms in total. The van der Waals surface area contributed by atoms with Gasteiger partial charge in [0.2, 0.25) is 11.7 Å². The van der Waals surface area contributed by atoms with Crippen molar-refractivity contribution in [2.45, 2.75) is 29.6 Å². The van der Waals surface area contributed by atoms with Crippen molar-refractivity contribution in [1.82, 2.24) is 20.3 Å². The lowest BCUT2D eigenvalue weighted by Gasteiger charge is -2.06. The Bertz CT molecular complexity index is 846. The summed E-state index contributed by atoms with van der Waals surface area (Å²) in [6, 6.07) is 4.83. The third-order valence-corrected chi connectivity index (χ3v) is 5.03. The molecular formula is C14H11F3N4OS2. The van der Waals surface area contributed by atoms with Crippen LogP contribution >= 0.6 is 23.1 Å². The van der Waals surface area contributed by atoms with Crippen LogP contribution < -0.4 is 0 Å². The SMILES string of the molecule is Cc1nnc(SC(C)c2nc(-c3cccc(C(F)(F)F)c3)no2)s1. The van der Waals surface area contributed by atoms with Crippen molar-refractivity contribution in [1.29, 1.82) is 0 Å². The van der Waals surface area contributed by atoms with Crippen LogP contribution in [0.25, 0.3) is 11.4 Å². The number of aryl methyl sites for hydroxylation is 1. The van der Waals surface area contributed by atoms with Crippen molar-refractivity contribution >= 4 is 23.1 Å². The van der Waals surface area contributed by atoms with Crippen LogP contribution in [0.15, 0.2) is 33.1 Å². The second-order valence-electron chi connectivity index (χ2n) is 4.88. The molecule has 1 unspecified atom stereocenters. The molecule has 0 saturated heterocycles. The van der Waals surface area contributed by atoms with E-state index in [1.165, 1.54) is 35.2 Å². The Labute approximate surface area is 143 Å². The molecule has 1 atom stereocenters. The number of thioether (sulfide) groups is 1. The van der Waals surface area contributed by atoms with Crippen molar-refractivity contribution in [2.75, 3.05) is 0 Å². The van der Waals surface area contributed by atoms with E-state index in [0.29, 0.717) is 5.89 Å². The van der Waals surface area contributed by atoms with Gasteiger partial charge in [0.05, 0.1) is 10.8 Å². The van der Waals surface area contributed by atoms with Gasteiger partial charge in [-0.15, -0.1) is 10.2 Å². The zero-order valence-corrected chi connectivity index (χ0v) is 14.2. The number of hydrogen-bond donors (Lipinski definition) is 0. The second kappa shape index (κ2) is 6.52. The zero-order chi connectivity index (χ0) is 17.3. The summed E-state index contributed by atoms with van der Waals surface area (Å²) < 4.78 is 44.3. The lowest BCUT2D eigenvalue weighted by molar-refractivity contribution is -0.137. The van der Waals surface area contributed by atoms with Crippen LogP contribution in [0.1, 0.15) is 28.6 Å². The van der Waals surface area contributed by atoms with E-state index in [9.17, 15) is 13.2 Å². The Morgan fingerprint density at radius 2 is 2.04 bits per heavy atom. The number of hydrogen-bond acceptors (Lipinski definition) is 7. The standard InChI is InChI=1S/C14H11F3N4OS2/c1-7(23-13-20-19-8(2)24-13)12-18-11(21-22-12)9-4-3-5-10(6-9)14(15,16)17/h3-7H,1-2H3. The molecule has 0 aliphatic rings. The molecule has 0 saturated carbocycles. The average Bonchev–Trinajstić information content (AvgIpc) is 3.16. The maximum absolute atomic E-state index is 12.8. The lowest BCUT2D eigenvalue weighted by Crippen LogP contribution is -2.04. The van der Waals surface area contributed by atoms with E-state index in [1.807, 2.05) is 13.8 Å². The van der Waals surface area contributed by atoms with Crippen molar-refractivity contribution < 1.29 is 17.7 Å². The third kappa shape index (κ3) is 3.75. The number of rotatable bonds is 4. The van der Waals surface area contributed by atoms with E-state index in [4.69, 9.17) is 4.52 Å². The molecule has 3 aromatic rings. The molecule has 10 heteroatoms. The molecule has 0 fully saturated rings. The van der Waals surface area contributed by atoms with Crippen LogP contribution in [-0.2, 0) is 6.18 Å².